The molecule has 4 rings (SSSR count). The number of hydrogen-bond donors (Lipinski definition) is 1. The predicted octanol–water partition coefficient (Wildman–Crippen LogP) is 5.82. The average molecular weight is 460 g/mol. The third-order valence-corrected chi connectivity index (χ3v) is 6.27. The summed E-state index contributed by atoms with van der Waals surface area (Å²) in [5, 5.41) is 3.39. The lowest BCUT2D eigenvalue weighted by atomic mass is 9.68. The van der Waals surface area contributed by atoms with E-state index in [9.17, 15) is 9.59 Å². The molecule has 1 atom stereocenters. The highest BCUT2D eigenvalue weighted by molar-refractivity contribution is 6.04. The molecule has 178 valence electrons. The monoisotopic (exact) mass is 459 g/mol. The van der Waals surface area contributed by atoms with E-state index in [1.165, 1.54) is 0 Å². The van der Waals surface area contributed by atoms with Gasteiger partial charge in [-0.25, -0.2) is 4.79 Å². The maximum atomic E-state index is 13.5. The molecule has 0 radical (unpaired) electrons. The van der Waals surface area contributed by atoms with Crippen LogP contribution in [0.2, 0.25) is 0 Å². The van der Waals surface area contributed by atoms with Crippen LogP contribution in [0.3, 0.4) is 0 Å². The molecule has 0 aromatic heterocycles. The molecule has 0 spiro atoms. The maximum Gasteiger partial charge on any atom is 0.337 e. The van der Waals surface area contributed by atoms with Gasteiger partial charge < -0.3 is 14.8 Å². The van der Waals surface area contributed by atoms with E-state index in [1.54, 1.807) is 0 Å². The number of benzene rings is 2. The molecule has 2 aromatic carbocycles. The number of carbonyl (C=O) groups is 2. The van der Waals surface area contributed by atoms with Crippen LogP contribution < -0.4 is 10.1 Å². The van der Waals surface area contributed by atoms with E-state index in [-0.39, 0.29) is 23.9 Å². The third kappa shape index (κ3) is 4.93. The van der Waals surface area contributed by atoms with E-state index in [2.05, 4.69) is 19.2 Å². The smallest absolute Gasteiger partial charge is 0.337 e. The molecule has 0 saturated heterocycles. The first-order chi connectivity index (χ1) is 16.2. The minimum Gasteiger partial charge on any atom is -0.491 e. The van der Waals surface area contributed by atoms with Crippen molar-refractivity contribution in [3.8, 4) is 5.75 Å². The zero-order valence-electron chi connectivity index (χ0n) is 20.6. The van der Waals surface area contributed by atoms with Crippen LogP contribution in [0.15, 0.2) is 77.1 Å². The Morgan fingerprint density at radius 1 is 1.06 bits per heavy atom. The number of carbonyl (C=O) groups excluding carboxylic acids is 2. The van der Waals surface area contributed by atoms with E-state index in [4.69, 9.17) is 9.47 Å². The molecule has 5 heteroatoms. The number of ether oxygens (including phenoxy) is 2. The highest BCUT2D eigenvalue weighted by Gasteiger charge is 2.44. The Morgan fingerprint density at radius 2 is 1.74 bits per heavy atom. The summed E-state index contributed by atoms with van der Waals surface area (Å²) in [5.41, 5.74) is 4.29. The van der Waals surface area contributed by atoms with Gasteiger partial charge in [-0.1, -0.05) is 62.4 Å². The number of hydrogen-bond acceptors (Lipinski definition) is 5. The predicted molar refractivity (Wildman–Crippen MR) is 132 cm³/mol. The fourth-order valence-corrected chi connectivity index (χ4v) is 4.90. The number of dihydropyridines is 1. The van der Waals surface area contributed by atoms with E-state index in [0.717, 1.165) is 23.2 Å². The highest BCUT2D eigenvalue weighted by Crippen LogP contribution is 2.48. The van der Waals surface area contributed by atoms with Gasteiger partial charge in [-0.15, -0.1) is 0 Å². The van der Waals surface area contributed by atoms with Crippen molar-refractivity contribution in [2.75, 3.05) is 0 Å². The topological polar surface area (TPSA) is 64.6 Å². The second-order valence-electron chi connectivity index (χ2n) is 10.2. The van der Waals surface area contributed by atoms with E-state index in [1.807, 2.05) is 75.4 Å². The van der Waals surface area contributed by atoms with Crippen molar-refractivity contribution < 1.29 is 19.1 Å². The Kier molecular flexibility index (Phi) is 6.65. The van der Waals surface area contributed by atoms with Gasteiger partial charge in [0.1, 0.15) is 12.4 Å². The molecule has 0 amide bonds. The molecule has 0 saturated carbocycles. The van der Waals surface area contributed by atoms with Crippen LogP contribution in [0.25, 0.3) is 0 Å². The average Bonchev–Trinajstić information content (AvgIpc) is 2.76. The van der Waals surface area contributed by atoms with Crippen molar-refractivity contribution in [2.24, 2.45) is 5.41 Å². The standard InChI is InChI=1S/C29H33NO4/c1-18(2)34-24-14-10-9-13-21(24)26-25(28(32)33-17-20-11-7-6-8-12-20)19(3)30-22-15-29(4,5)16-23(31)27(22)26/h6-14,18,26,30H,15-17H2,1-5H3. The van der Waals surface area contributed by atoms with Crippen molar-refractivity contribution >= 4 is 11.8 Å². The molecular formula is C29H33NO4. The molecule has 0 fully saturated rings. The number of nitrogens with one attached hydrogen (secondary N) is 1. The molecule has 1 N–H and O–H groups in total. The number of allylic oxidation sites excluding steroid dienone is 3. The van der Waals surface area contributed by atoms with Gasteiger partial charge in [-0.3, -0.25) is 4.79 Å². The van der Waals surface area contributed by atoms with E-state index in [0.29, 0.717) is 29.0 Å². The van der Waals surface area contributed by atoms with Crippen LogP contribution >= 0.6 is 0 Å². The minimum absolute atomic E-state index is 0.0455. The molecule has 2 aliphatic rings. The normalized spacial score (nSPS) is 19.6. The van der Waals surface area contributed by atoms with Crippen molar-refractivity contribution in [3.63, 3.8) is 0 Å². The first-order valence-electron chi connectivity index (χ1n) is 11.9. The first-order valence-corrected chi connectivity index (χ1v) is 11.9. The third-order valence-electron chi connectivity index (χ3n) is 6.27. The van der Waals surface area contributed by atoms with E-state index >= 15 is 0 Å². The Hall–Kier alpha value is -3.34. The summed E-state index contributed by atoms with van der Waals surface area (Å²) in [4.78, 5) is 27.0. The lowest BCUT2D eigenvalue weighted by Crippen LogP contribution is -2.38. The molecule has 1 heterocycles. The molecule has 5 nitrogen and oxygen atoms in total. The van der Waals surface area contributed by atoms with Crippen LogP contribution in [0.4, 0.5) is 0 Å². The zero-order valence-corrected chi connectivity index (χ0v) is 20.6. The fourth-order valence-electron chi connectivity index (χ4n) is 4.90. The van der Waals surface area contributed by atoms with Crippen LogP contribution in [0.5, 0.6) is 5.75 Å². The molecular weight excluding hydrogens is 426 g/mol. The van der Waals surface area contributed by atoms with Crippen molar-refractivity contribution in [1.82, 2.24) is 5.32 Å². The van der Waals surface area contributed by atoms with Gasteiger partial charge in [-0.05, 0) is 44.2 Å². The summed E-state index contributed by atoms with van der Waals surface area (Å²) < 4.78 is 11.9. The summed E-state index contributed by atoms with van der Waals surface area (Å²) in [6.45, 7) is 10.2. The number of esters is 1. The molecule has 1 unspecified atom stereocenters. The molecule has 0 bridgehead atoms. The number of Topliss-reactive ketones (excluding diaryl/α,β-unsaturated/α-hetero) is 1. The molecule has 1 aliphatic heterocycles. The molecule has 34 heavy (non-hydrogen) atoms. The van der Waals surface area contributed by atoms with Gasteiger partial charge in [0.25, 0.3) is 0 Å². The van der Waals surface area contributed by atoms with Crippen molar-refractivity contribution in [1.29, 1.82) is 0 Å². The lowest BCUT2D eigenvalue weighted by Gasteiger charge is -2.39. The Morgan fingerprint density at radius 3 is 2.44 bits per heavy atom. The Bertz CT molecular complexity index is 1160. The summed E-state index contributed by atoms with van der Waals surface area (Å²) in [7, 11) is 0. The largest absolute Gasteiger partial charge is 0.491 e. The number of rotatable bonds is 6. The van der Waals surface area contributed by atoms with Gasteiger partial charge in [0, 0.05) is 29.0 Å². The lowest BCUT2D eigenvalue weighted by molar-refractivity contribution is -0.140. The summed E-state index contributed by atoms with van der Waals surface area (Å²) >= 11 is 0. The SMILES string of the molecule is CC1=C(C(=O)OCc2ccccc2)C(c2ccccc2OC(C)C)C2=C(CC(C)(C)CC2=O)N1. The molecule has 2 aromatic rings. The summed E-state index contributed by atoms with van der Waals surface area (Å²) in [6, 6.07) is 17.3. The second-order valence-corrected chi connectivity index (χ2v) is 10.2. The van der Waals surface area contributed by atoms with Gasteiger partial charge >= 0.3 is 5.97 Å². The number of ketones is 1. The van der Waals surface area contributed by atoms with Crippen LogP contribution in [-0.4, -0.2) is 17.9 Å². The zero-order chi connectivity index (χ0) is 24.5. The summed E-state index contributed by atoms with van der Waals surface area (Å²) in [5.74, 6) is -0.237. The maximum absolute atomic E-state index is 13.5. The van der Waals surface area contributed by atoms with Gasteiger partial charge in [0.15, 0.2) is 5.78 Å². The van der Waals surface area contributed by atoms with Crippen molar-refractivity contribution in [3.05, 3.63) is 88.3 Å². The van der Waals surface area contributed by atoms with E-state index < -0.39 is 11.9 Å². The van der Waals surface area contributed by atoms with Crippen LogP contribution in [0, 0.1) is 5.41 Å². The van der Waals surface area contributed by atoms with Crippen molar-refractivity contribution in [2.45, 2.75) is 66.1 Å². The fraction of sp³-hybridized carbons (Fsp3) is 0.379. The summed E-state index contributed by atoms with van der Waals surface area (Å²) in [6.07, 6.45) is 1.13. The van der Waals surface area contributed by atoms with Gasteiger partial charge in [-0.2, -0.15) is 0 Å². The second kappa shape index (κ2) is 9.49. The van der Waals surface area contributed by atoms with Gasteiger partial charge in [0.2, 0.25) is 0 Å². The quantitative estimate of drug-likeness (QED) is 0.552. The Labute approximate surface area is 201 Å². The minimum atomic E-state index is -0.543. The molecule has 1 aliphatic carbocycles. The number of para-hydroxylation sites is 1. The van der Waals surface area contributed by atoms with Gasteiger partial charge in [0.05, 0.1) is 17.6 Å². The Balaban J connectivity index is 1.79. The first kappa shape index (κ1) is 23.8. The van der Waals surface area contributed by atoms with Crippen LogP contribution in [0.1, 0.15) is 64.5 Å². The highest BCUT2D eigenvalue weighted by atomic mass is 16.5. The van der Waals surface area contributed by atoms with Crippen LogP contribution in [-0.2, 0) is 20.9 Å².